The zero-order chi connectivity index (χ0) is 21.5. The molecule has 2 N–H and O–H groups in total. The van der Waals surface area contributed by atoms with Gasteiger partial charge in [-0.05, 0) is 38.5 Å². The summed E-state index contributed by atoms with van der Waals surface area (Å²) in [6.07, 6.45) is 0.0688. The minimum atomic E-state index is -0.476. The van der Waals surface area contributed by atoms with Crippen LogP contribution in [0.25, 0.3) is 11.3 Å². The minimum Gasteiger partial charge on any atom is -0.491 e. The third-order valence-corrected chi connectivity index (χ3v) is 4.32. The number of ether oxygens (including phenoxy) is 1. The number of aromatic nitrogens is 1. The van der Waals surface area contributed by atoms with Crippen LogP contribution in [-0.2, 0) is 4.79 Å². The van der Waals surface area contributed by atoms with Crippen molar-refractivity contribution in [2.45, 2.75) is 32.9 Å². The van der Waals surface area contributed by atoms with Gasteiger partial charge in [-0.2, -0.15) is 0 Å². The molecule has 3 aromatic rings. The zero-order valence-corrected chi connectivity index (χ0v) is 17.2. The third kappa shape index (κ3) is 5.70. The number of rotatable bonds is 8. The molecule has 2 amide bonds. The summed E-state index contributed by atoms with van der Waals surface area (Å²) in [6, 6.07) is 18.2. The highest BCUT2D eigenvalue weighted by atomic mass is 16.5. The van der Waals surface area contributed by atoms with Gasteiger partial charge >= 0.3 is 0 Å². The van der Waals surface area contributed by atoms with Crippen LogP contribution < -0.4 is 15.4 Å². The maximum Gasteiger partial charge on any atom is 0.273 e. The topological polar surface area (TPSA) is 93.5 Å². The van der Waals surface area contributed by atoms with Crippen molar-refractivity contribution in [3.8, 4) is 17.1 Å². The molecule has 1 unspecified atom stereocenters. The molecule has 1 heterocycles. The highest BCUT2D eigenvalue weighted by Gasteiger charge is 2.16. The molecule has 7 heteroatoms. The summed E-state index contributed by atoms with van der Waals surface area (Å²) in [4.78, 5) is 24.5. The van der Waals surface area contributed by atoms with Crippen molar-refractivity contribution in [2.75, 3.05) is 6.54 Å². The van der Waals surface area contributed by atoms with E-state index in [9.17, 15) is 9.59 Å². The number of nitrogens with one attached hydrogen (secondary N) is 2. The molecular formula is C23H25N3O4. The van der Waals surface area contributed by atoms with Crippen LogP contribution >= 0.6 is 0 Å². The van der Waals surface area contributed by atoms with Gasteiger partial charge < -0.3 is 19.9 Å². The molecule has 0 fully saturated rings. The Morgan fingerprint density at radius 2 is 1.80 bits per heavy atom. The molecule has 0 aliphatic carbocycles. The maximum atomic E-state index is 12.3. The maximum absolute atomic E-state index is 12.3. The lowest BCUT2D eigenvalue weighted by Crippen LogP contribution is -2.38. The van der Waals surface area contributed by atoms with Crippen molar-refractivity contribution in [3.05, 3.63) is 71.9 Å². The van der Waals surface area contributed by atoms with E-state index in [1.54, 1.807) is 6.07 Å². The van der Waals surface area contributed by atoms with Gasteiger partial charge in [0, 0.05) is 11.6 Å². The molecule has 1 atom stereocenters. The van der Waals surface area contributed by atoms with E-state index in [4.69, 9.17) is 9.26 Å². The molecule has 3 rings (SSSR count). The number of carbonyl (C=O) groups excluding carboxylic acids is 2. The number of benzene rings is 2. The average molecular weight is 407 g/mol. The minimum absolute atomic E-state index is 0.0688. The molecule has 0 saturated carbocycles. The van der Waals surface area contributed by atoms with Crippen LogP contribution in [0.5, 0.6) is 5.75 Å². The van der Waals surface area contributed by atoms with E-state index in [1.807, 2.05) is 75.4 Å². The normalized spacial score (nSPS) is 11.7. The van der Waals surface area contributed by atoms with Gasteiger partial charge in [-0.1, -0.05) is 47.6 Å². The van der Waals surface area contributed by atoms with Crippen LogP contribution in [-0.4, -0.2) is 29.6 Å². The fourth-order valence-electron chi connectivity index (χ4n) is 2.88. The quantitative estimate of drug-likeness (QED) is 0.593. The van der Waals surface area contributed by atoms with E-state index in [-0.39, 0.29) is 30.3 Å². The van der Waals surface area contributed by atoms with Crippen molar-refractivity contribution in [3.63, 3.8) is 0 Å². The lowest BCUT2D eigenvalue weighted by atomic mass is 10.1. The largest absolute Gasteiger partial charge is 0.491 e. The summed E-state index contributed by atoms with van der Waals surface area (Å²) in [6.45, 7) is 5.62. The number of hydrogen-bond acceptors (Lipinski definition) is 5. The molecular weight excluding hydrogens is 382 g/mol. The number of hydrogen-bond donors (Lipinski definition) is 2. The first-order chi connectivity index (χ1) is 14.4. The number of amides is 2. The summed E-state index contributed by atoms with van der Waals surface area (Å²) in [5.74, 6) is 0.452. The Hall–Kier alpha value is -3.61. The molecule has 30 heavy (non-hydrogen) atoms. The fourth-order valence-corrected chi connectivity index (χ4v) is 2.88. The molecule has 7 nitrogen and oxygen atoms in total. The highest BCUT2D eigenvalue weighted by Crippen LogP contribution is 2.21. The second-order valence-corrected chi connectivity index (χ2v) is 7.15. The Morgan fingerprint density at radius 1 is 1.03 bits per heavy atom. The molecule has 0 aliphatic rings. The first-order valence-electron chi connectivity index (χ1n) is 9.78. The van der Waals surface area contributed by atoms with Crippen LogP contribution in [0.2, 0.25) is 0 Å². The Morgan fingerprint density at radius 3 is 2.53 bits per heavy atom. The van der Waals surface area contributed by atoms with Crippen LogP contribution in [0.1, 0.15) is 42.9 Å². The van der Waals surface area contributed by atoms with Gasteiger partial charge in [-0.3, -0.25) is 9.59 Å². The van der Waals surface area contributed by atoms with Gasteiger partial charge in [0.1, 0.15) is 5.75 Å². The van der Waals surface area contributed by atoms with Crippen LogP contribution in [0.4, 0.5) is 0 Å². The predicted molar refractivity (Wildman–Crippen MR) is 113 cm³/mol. The zero-order valence-electron chi connectivity index (χ0n) is 17.2. The van der Waals surface area contributed by atoms with Gasteiger partial charge in [0.05, 0.1) is 18.7 Å². The van der Waals surface area contributed by atoms with Crippen LogP contribution in [0.3, 0.4) is 0 Å². The number of carbonyl (C=O) groups is 2. The Balaban J connectivity index is 1.52. The molecule has 2 aromatic carbocycles. The lowest BCUT2D eigenvalue weighted by Gasteiger charge is -2.16. The van der Waals surface area contributed by atoms with E-state index in [0.717, 1.165) is 16.9 Å². The van der Waals surface area contributed by atoms with Crippen LogP contribution in [0, 0.1) is 0 Å². The molecule has 0 bridgehead atoms. The smallest absolute Gasteiger partial charge is 0.273 e. The summed E-state index contributed by atoms with van der Waals surface area (Å²) >= 11 is 0. The van der Waals surface area contributed by atoms with Crippen molar-refractivity contribution in [2.24, 2.45) is 0 Å². The Labute approximate surface area is 175 Å². The first-order valence-corrected chi connectivity index (χ1v) is 9.78. The average Bonchev–Trinajstić information content (AvgIpc) is 3.23. The standard InChI is InChI=1S/C23H25N3O4/c1-15(2)29-19-11-7-10-18(12-19)16(3)25-22(27)14-24-23(28)20-13-21(30-26-20)17-8-5-4-6-9-17/h4-13,15-16H,14H2,1-3H3,(H,24,28)(H,25,27). The molecule has 0 aliphatic heterocycles. The summed E-state index contributed by atoms with van der Waals surface area (Å²) < 4.78 is 10.9. The molecule has 0 saturated heterocycles. The fraction of sp³-hybridized carbons (Fsp3) is 0.261. The first kappa shape index (κ1) is 21.1. The van der Waals surface area contributed by atoms with Gasteiger partial charge in [0.25, 0.3) is 5.91 Å². The van der Waals surface area contributed by atoms with Crippen molar-refractivity contribution in [1.29, 1.82) is 0 Å². The number of nitrogens with zero attached hydrogens (tertiary/aromatic N) is 1. The van der Waals surface area contributed by atoms with E-state index in [2.05, 4.69) is 15.8 Å². The van der Waals surface area contributed by atoms with E-state index < -0.39 is 5.91 Å². The highest BCUT2D eigenvalue weighted by molar-refractivity contribution is 5.95. The molecule has 0 spiro atoms. The van der Waals surface area contributed by atoms with Gasteiger partial charge in [0.15, 0.2) is 11.5 Å². The van der Waals surface area contributed by atoms with Gasteiger partial charge in [-0.15, -0.1) is 0 Å². The Kier molecular flexibility index (Phi) is 6.85. The van der Waals surface area contributed by atoms with E-state index in [0.29, 0.717) is 5.76 Å². The van der Waals surface area contributed by atoms with Gasteiger partial charge in [-0.25, -0.2) is 0 Å². The van der Waals surface area contributed by atoms with Crippen molar-refractivity contribution in [1.82, 2.24) is 15.8 Å². The lowest BCUT2D eigenvalue weighted by molar-refractivity contribution is -0.120. The second-order valence-electron chi connectivity index (χ2n) is 7.15. The summed E-state index contributed by atoms with van der Waals surface area (Å²) in [7, 11) is 0. The monoisotopic (exact) mass is 407 g/mol. The van der Waals surface area contributed by atoms with Crippen molar-refractivity contribution >= 4 is 11.8 Å². The van der Waals surface area contributed by atoms with E-state index in [1.165, 1.54) is 0 Å². The summed E-state index contributed by atoms with van der Waals surface area (Å²) in [5.41, 5.74) is 1.85. The Bertz CT molecular complexity index is 998. The third-order valence-electron chi connectivity index (χ3n) is 4.32. The predicted octanol–water partition coefficient (Wildman–Crippen LogP) is 3.74. The van der Waals surface area contributed by atoms with Crippen LogP contribution in [0.15, 0.2) is 65.2 Å². The molecule has 156 valence electrons. The molecule has 0 radical (unpaired) electrons. The van der Waals surface area contributed by atoms with Crippen molar-refractivity contribution < 1.29 is 18.8 Å². The SMILES string of the molecule is CC(C)Oc1cccc(C(C)NC(=O)CNC(=O)c2cc(-c3ccccc3)on2)c1. The van der Waals surface area contributed by atoms with Gasteiger partial charge in [0.2, 0.25) is 5.91 Å². The summed E-state index contributed by atoms with van der Waals surface area (Å²) in [5, 5.41) is 9.20. The van der Waals surface area contributed by atoms with E-state index >= 15 is 0 Å². The second kappa shape index (κ2) is 9.73. The molecule has 1 aromatic heterocycles.